The van der Waals surface area contributed by atoms with Gasteiger partial charge in [-0.15, -0.1) is 0 Å². The Hall–Kier alpha value is -2.78. The molecule has 0 heteroatoms. The summed E-state index contributed by atoms with van der Waals surface area (Å²) in [5.74, 6) is 7.15. The van der Waals surface area contributed by atoms with Crippen LogP contribution in [0.2, 0.25) is 0 Å². The third-order valence-corrected chi connectivity index (χ3v) is 8.42. The van der Waals surface area contributed by atoms with Crippen LogP contribution in [0.15, 0.2) is 106 Å². The maximum Gasteiger partial charge on any atom is 0.0153 e. The number of rotatable bonds is 10. The zero-order valence-corrected chi connectivity index (χ0v) is 27.4. The molecule has 2 rings (SSSR count). The van der Waals surface area contributed by atoms with E-state index in [1.807, 2.05) is 0 Å². The predicted molar refractivity (Wildman–Crippen MR) is 180 cm³/mol. The molecule has 0 fully saturated rings. The first-order valence-electron chi connectivity index (χ1n) is 15.4. The average Bonchev–Trinajstić information content (AvgIpc) is 2.85. The number of hydrogen-bond donors (Lipinski definition) is 0. The molecule has 0 spiro atoms. The fourth-order valence-electron chi connectivity index (χ4n) is 5.80. The minimum atomic E-state index is 0.196. The minimum Gasteiger partial charge on any atom is -0.0976 e. The molecule has 0 saturated heterocycles. The van der Waals surface area contributed by atoms with Crippen LogP contribution in [0.5, 0.6) is 0 Å². The van der Waals surface area contributed by atoms with E-state index in [1.54, 1.807) is 16.7 Å². The molecule has 2 aliphatic carbocycles. The van der Waals surface area contributed by atoms with Crippen molar-refractivity contribution in [2.24, 2.45) is 16.7 Å². The van der Waals surface area contributed by atoms with Crippen LogP contribution in [-0.4, -0.2) is 0 Å². The van der Waals surface area contributed by atoms with Gasteiger partial charge in [0.15, 0.2) is 0 Å². The van der Waals surface area contributed by atoms with Crippen LogP contribution in [0.25, 0.3) is 0 Å². The van der Waals surface area contributed by atoms with Crippen LogP contribution in [-0.2, 0) is 0 Å². The topological polar surface area (TPSA) is 0 Å². The van der Waals surface area contributed by atoms with E-state index >= 15 is 0 Å². The Kier molecular flexibility index (Phi) is 13.3. The van der Waals surface area contributed by atoms with Crippen LogP contribution in [0.3, 0.4) is 0 Å². The van der Waals surface area contributed by atoms with Crippen LogP contribution < -0.4 is 0 Å². The average molecular weight is 537 g/mol. The van der Waals surface area contributed by atoms with Gasteiger partial charge in [-0.05, 0) is 95.6 Å². The third-order valence-electron chi connectivity index (χ3n) is 8.42. The van der Waals surface area contributed by atoms with Crippen molar-refractivity contribution in [2.75, 3.05) is 0 Å². The molecule has 0 bridgehead atoms. The Bertz CT molecular complexity index is 1210. The molecule has 0 nitrogen and oxygen atoms in total. The summed E-state index contributed by atoms with van der Waals surface area (Å²) in [4.78, 5) is 0. The molecule has 2 aliphatic rings. The lowest BCUT2D eigenvalue weighted by Gasteiger charge is -2.33. The first kappa shape index (κ1) is 33.4. The maximum absolute atomic E-state index is 3.37. The van der Waals surface area contributed by atoms with Crippen LogP contribution in [0.1, 0.15) is 114 Å². The van der Waals surface area contributed by atoms with E-state index in [1.165, 1.54) is 36.0 Å². The second-order valence-electron chi connectivity index (χ2n) is 13.4. The fourth-order valence-corrected chi connectivity index (χ4v) is 5.80. The fraction of sp³-hybridized carbons (Fsp3) is 0.500. The zero-order valence-electron chi connectivity index (χ0n) is 27.4. The molecule has 0 radical (unpaired) electrons. The van der Waals surface area contributed by atoms with Gasteiger partial charge in [-0.25, -0.2) is 0 Å². The molecule has 216 valence electrons. The Labute approximate surface area is 248 Å². The molecule has 0 aromatic heterocycles. The normalized spacial score (nSPS) is 21.1. The first-order valence-corrected chi connectivity index (χ1v) is 15.4. The second-order valence-corrected chi connectivity index (χ2v) is 13.4. The van der Waals surface area contributed by atoms with E-state index in [0.29, 0.717) is 11.3 Å². The molecular formula is C40H56. The lowest BCUT2D eigenvalue weighted by atomic mass is 9.72. The largest absolute Gasteiger partial charge is 0.0976 e. The van der Waals surface area contributed by atoms with E-state index in [-0.39, 0.29) is 5.41 Å². The predicted octanol–water partition coefficient (Wildman–Crippen LogP) is 12.1. The number of allylic oxidation sites excluding steroid dienone is 18. The third kappa shape index (κ3) is 11.4. The molecule has 40 heavy (non-hydrogen) atoms. The molecule has 1 unspecified atom stereocenters. The van der Waals surface area contributed by atoms with Crippen molar-refractivity contribution >= 4 is 0 Å². The second kappa shape index (κ2) is 15.9. The van der Waals surface area contributed by atoms with Gasteiger partial charge < -0.3 is 0 Å². The van der Waals surface area contributed by atoms with Gasteiger partial charge in [-0.2, -0.15) is 0 Å². The van der Waals surface area contributed by atoms with Gasteiger partial charge in [-0.3, -0.25) is 0 Å². The van der Waals surface area contributed by atoms with Gasteiger partial charge in [0.2, 0.25) is 0 Å². The van der Waals surface area contributed by atoms with Crippen LogP contribution in [0, 0.1) is 28.6 Å². The molecule has 0 amide bonds. The summed E-state index contributed by atoms with van der Waals surface area (Å²) in [5.41, 5.74) is 10.5. The summed E-state index contributed by atoms with van der Waals surface area (Å²) in [6, 6.07) is 0. The van der Waals surface area contributed by atoms with Crippen molar-refractivity contribution in [2.45, 2.75) is 114 Å². The van der Waals surface area contributed by atoms with E-state index in [0.717, 1.165) is 31.3 Å². The molecule has 0 heterocycles. The summed E-state index contributed by atoms with van der Waals surface area (Å²) in [6.07, 6.45) is 32.6. The highest BCUT2D eigenvalue weighted by Gasteiger charge is 2.26. The highest BCUT2D eigenvalue weighted by Crippen LogP contribution is 2.41. The smallest absolute Gasteiger partial charge is 0.0153 e. The quantitative estimate of drug-likeness (QED) is 0.148. The van der Waals surface area contributed by atoms with Crippen molar-refractivity contribution < 1.29 is 0 Å². The Morgan fingerprint density at radius 1 is 0.975 bits per heavy atom. The van der Waals surface area contributed by atoms with E-state index in [9.17, 15) is 0 Å². The van der Waals surface area contributed by atoms with Crippen molar-refractivity contribution in [3.63, 3.8) is 0 Å². The Morgan fingerprint density at radius 3 is 2.40 bits per heavy atom. The Morgan fingerprint density at radius 2 is 1.70 bits per heavy atom. The monoisotopic (exact) mass is 536 g/mol. The molecule has 0 saturated carbocycles. The highest BCUT2D eigenvalue weighted by atomic mass is 14.3. The van der Waals surface area contributed by atoms with Gasteiger partial charge >= 0.3 is 0 Å². The zero-order chi connectivity index (χ0) is 29.8. The van der Waals surface area contributed by atoms with E-state index in [4.69, 9.17) is 0 Å². The van der Waals surface area contributed by atoms with Crippen molar-refractivity contribution in [1.82, 2.24) is 0 Å². The maximum atomic E-state index is 3.37. The van der Waals surface area contributed by atoms with Crippen molar-refractivity contribution in [3.8, 4) is 11.8 Å². The van der Waals surface area contributed by atoms with Crippen LogP contribution >= 0.6 is 0 Å². The molecule has 1 atom stereocenters. The highest BCUT2D eigenvalue weighted by molar-refractivity contribution is 5.35. The summed E-state index contributed by atoms with van der Waals surface area (Å²) in [5, 5.41) is 0. The standard InChI is InChI=1S/C40H56/c1-31(19-13-21-33(3)25-27-37-35(5)23-15-29-39(37,7)8)17-11-12-18-32(2)20-14-22-34(4)26-28-38-36(6)24-16-30-40(38,9)10/h11-13,15,17-19,21,26,28-29,34H,16,22-25,27,30H2,1-10H3/b12-11+,19-13+,28-26-,31-17+,32-18+,33-21+. The van der Waals surface area contributed by atoms with E-state index in [2.05, 4.69) is 148 Å². The van der Waals surface area contributed by atoms with Gasteiger partial charge in [0.05, 0.1) is 0 Å². The Balaban J connectivity index is 1.81. The SMILES string of the molecule is CC1=C(CC/C(C)=C/C=C/C(C)=C/C=C/C=C(\C)C#CCC(C)/C=C\C2=C(C)CCCC2(C)C)C(C)(C)C=CC1. The van der Waals surface area contributed by atoms with Gasteiger partial charge in [0.1, 0.15) is 0 Å². The van der Waals surface area contributed by atoms with Gasteiger partial charge in [0.25, 0.3) is 0 Å². The summed E-state index contributed by atoms with van der Waals surface area (Å²) in [7, 11) is 0. The van der Waals surface area contributed by atoms with Crippen molar-refractivity contribution in [3.05, 3.63) is 106 Å². The first-order chi connectivity index (χ1) is 18.8. The summed E-state index contributed by atoms with van der Waals surface area (Å²) in [6.45, 7) is 22.8. The number of hydrogen-bond acceptors (Lipinski definition) is 0. The van der Waals surface area contributed by atoms with E-state index < -0.39 is 0 Å². The van der Waals surface area contributed by atoms with Crippen molar-refractivity contribution in [1.29, 1.82) is 0 Å². The molecular weight excluding hydrogens is 480 g/mol. The lowest BCUT2D eigenvalue weighted by Crippen LogP contribution is -2.19. The van der Waals surface area contributed by atoms with Gasteiger partial charge in [0, 0.05) is 11.8 Å². The summed E-state index contributed by atoms with van der Waals surface area (Å²) < 4.78 is 0. The van der Waals surface area contributed by atoms with Gasteiger partial charge in [-0.1, -0.05) is 141 Å². The summed E-state index contributed by atoms with van der Waals surface area (Å²) >= 11 is 0. The molecule has 0 aromatic carbocycles. The molecule has 0 aliphatic heterocycles. The molecule has 0 N–H and O–H groups in total. The minimum absolute atomic E-state index is 0.196. The lowest BCUT2D eigenvalue weighted by molar-refractivity contribution is 0.376. The van der Waals surface area contributed by atoms with Crippen LogP contribution in [0.4, 0.5) is 0 Å². The molecule has 0 aromatic rings.